The normalized spacial score (nSPS) is 10.2. The van der Waals surface area contributed by atoms with E-state index in [-0.39, 0.29) is 5.75 Å². The smallest absolute Gasteiger partial charge is 0.257 e. The molecule has 3 aromatic rings. The highest BCUT2D eigenvalue weighted by Crippen LogP contribution is 2.19. The molecule has 0 aliphatic heterocycles. The van der Waals surface area contributed by atoms with Crippen LogP contribution in [0.1, 0.15) is 17.0 Å². The van der Waals surface area contributed by atoms with Crippen LogP contribution >= 0.6 is 0 Å². The first kappa shape index (κ1) is 12.9. The van der Waals surface area contributed by atoms with Crippen molar-refractivity contribution in [2.24, 2.45) is 0 Å². The van der Waals surface area contributed by atoms with Crippen molar-refractivity contribution in [3.8, 4) is 23.3 Å². The van der Waals surface area contributed by atoms with Gasteiger partial charge in [-0.2, -0.15) is 10.2 Å². The predicted octanol–water partition coefficient (Wildman–Crippen LogP) is 2.90. The second-order valence-electron chi connectivity index (χ2n) is 4.55. The van der Waals surface area contributed by atoms with Crippen LogP contribution < -0.4 is 0 Å². The average molecular weight is 277 g/mol. The Morgan fingerprint density at radius 2 is 1.95 bits per heavy atom. The second-order valence-corrected chi connectivity index (χ2v) is 4.55. The van der Waals surface area contributed by atoms with Crippen molar-refractivity contribution in [2.75, 3.05) is 0 Å². The minimum Gasteiger partial charge on any atom is -0.508 e. The molecule has 21 heavy (non-hydrogen) atoms. The molecule has 0 bridgehead atoms. The molecule has 0 aliphatic carbocycles. The molecule has 3 rings (SSSR count). The molecule has 0 radical (unpaired) electrons. The third-order valence-corrected chi connectivity index (χ3v) is 3.01. The Balaban J connectivity index is 1.83. The molecule has 5 heteroatoms. The van der Waals surface area contributed by atoms with Gasteiger partial charge < -0.3 is 9.63 Å². The lowest BCUT2D eigenvalue weighted by Gasteiger charge is -1.96. The van der Waals surface area contributed by atoms with E-state index in [2.05, 4.69) is 16.2 Å². The maximum atomic E-state index is 9.25. The van der Waals surface area contributed by atoms with E-state index < -0.39 is 0 Å². The fourth-order valence-corrected chi connectivity index (χ4v) is 1.96. The number of phenols is 1. The summed E-state index contributed by atoms with van der Waals surface area (Å²) in [6.45, 7) is 0. The molecule has 0 atom stereocenters. The second kappa shape index (κ2) is 5.47. The Kier molecular flexibility index (Phi) is 3.36. The van der Waals surface area contributed by atoms with E-state index >= 15 is 0 Å². The van der Waals surface area contributed by atoms with Gasteiger partial charge in [0.1, 0.15) is 5.75 Å². The van der Waals surface area contributed by atoms with Gasteiger partial charge in [-0.25, -0.2) is 0 Å². The summed E-state index contributed by atoms with van der Waals surface area (Å²) < 4.78 is 5.23. The first-order valence-electron chi connectivity index (χ1n) is 6.35. The zero-order valence-corrected chi connectivity index (χ0v) is 11.0. The number of rotatable bonds is 3. The van der Waals surface area contributed by atoms with E-state index in [1.807, 2.05) is 18.2 Å². The number of aromatic nitrogens is 2. The molecule has 1 aromatic heterocycles. The lowest BCUT2D eigenvalue weighted by atomic mass is 10.1. The molecule has 1 heterocycles. The van der Waals surface area contributed by atoms with Crippen LogP contribution in [-0.4, -0.2) is 15.2 Å². The summed E-state index contributed by atoms with van der Waals surface area (Å²) >= 11 is 0. The SMILES string of the molecule is N#Cc1cccc(-c2nc(Cc3ccc(O)cc3)no2)c1. The van der Waals surface area contributed by atoms with Crippen LogP contribution in [-0.2, 0) is 6.42 Å². The topological polar surface area (TPSA) is 82.9 Å². The van der Waals surface area contributed by atoms with Gasteiger partial charge in [-0.15, -0.1) is 0 Å². The third-order valence-electron chi connectivity index (χ3n) is 3.01. The number of nitriles is 1. The molecule has 1 N–H and O–H groups in total. The van der Waals surface area contributed by atoms with E-state index in [9.17, 15) is 5.11 Å². The minimum atomic E-state index is 0.223. The number of hydrogen-bond acceptors (Lipinski definition) is 5. The third kappa shape index (κ3) is 2.90. The van der Waals surface area contributed by atoms with Crippen molar-refractivity contribution in [2.45, 2.75) is 6.42 Å². The van der Waals surface area contributed by atoms with Crippen molar-refractivity contribution < 1.29 is 9.63 Å². The van der Waals surface area contributed by atoms with E-state index in [1.54, 1.807) is 30.3 Å². The van der Waals surface area contributed by atoms with Gasteiger partial charge in [0.2, 0.25) is 0 Å². The quantitative estimate of drug-likeness (QED) is 0.795. The van der Waals surface area contributed by atoms with Gasteiger partial charge in [-0.05, 0) is 35.9 Å². The number of hydrogen-bond donors (Lipinski definition) is 1. The summed E-state index contributed by atoms with van der Waals surface area (Å²) in [4.78, 5) is 4.32. The molecular weight excluding hydrogens is 266 g/mol. The Hall–Kier alpha value is -3.13. The van der Waals surface area contributed by atoms with E-state index in [0.717, 1.165) is 11.1 Å². The molecule has 0 saturated carbocycles. The Bertz CT molecular complexity index is 801. The first-order chi connectivity index (χ1) is 10.2. The van der Waals surface area contributed by atoms with Crippen LogP contribution in [0, 0.1) is 11.3 Å². The summed E-state index contributed by atoms with van der Waals surface area (Å²) in [6, 6.07) is 15.9. The lowest BCUT2D eigenvalue weighted by molar-refractivity contribution is 0.424. The molecule has 0 fully saturated rings. The monoisotopic (exact) mass is 277 g/mol. The molecule has 5 nitrogen and oxygen atoms in total. The average Bonchev–Trinajstić information content (AvgIpc) is 2.98. The van der Waals surface area contributed by atoms with Gasteiger partial charge in [0.05, 0.1) is 11.6 Å². The van der Waals surface area contributed by atoms with Gasteiger partial charge in [0.15, 0.2) is 5.82 Å². The minimum absolute atomic E-state index is 0.223. The molecular formula is C16H11N3O2. The molecule has 0 unspecified atom stereocenters. The largest absolute Gasteiger partial charge is 0.508 e. The van der Waals surface area contributed by atoms with E-state index in [0.29, 0.717) is 23.7 Å². The van der Waals surface area contributed by atoms with Gasteiger partial charge >= 0.3 is 0 Å². The van der Waals surface area contributed by atoms with Crippen molar-refractivity contribution >= 4 is 0 Å². The fourth-order valence-electron chi connectivity index (χ4n) is 1.96. The molecule has 0 spiro atoms. The van der Waals surface area contributed by atoms with Gasteiger partial charge in [-0.1, -0.05) is 23.4 Å². The summed E-state index contributed by atoms with van der Waals surface area (Å²) in [7, 11) is 0. The predicted molar refractivity (Wildman–Crippen MR) is 75.4 cm³/mol. The maximum Gasteiger partial charge on any atom is 0.257 e. The van der Waals surface area contributed by atoms with Crippen LogP contribution in [0.4, 0.5) is 0 Å². The highest BCUT2D eigenvalue weighted by molar-refractivity contribution is 5.56. The molecule has 0 amide bonds. The van der Waals surface area contributed by atoms with Crippen molar-refractivity contribution in [3.63, 3.8) is 0 Å². The zero-order valence-electron chi connectivity index (χ0n) is 11.0. The van der Waals surface area contributed by atoms with Gasteiger partial charge in [-0.3, -0.25) is 0 Å². The van der Waals surface area contributed by atoms with Gasteiger partial charge in [0, 0.05) is 12.0 Å². The molecule has 2 aromatic carbocycles. The zero-order chi connectivity index (χ0) is 14.7. The van der Waals surface area contributed by atoms with Crippen molar-refractivity contribution in [1.29, 1.82) is 5.26 Å². The van der Waals surface area contributed by atoms with Crippen LogP contribution in [0.3, 0.4) is 0 Å². The number of nitrogens with zero attached hydrogens (tertiary/aromatic N) is 3. The lowest BCUT2D eigenvalue weighted by Crippen LogP contribution is -1.90. The van der Waals surface area contributed by atoms with E-state index in [1.165, 1.54) is 0 Å². The summed E-state index contributed by atoms with van der Waals surface area (Å²) in [5.41, 5.74) is 2.25. The summed E-state index contributed by atoms with van der Waals surface area (Å²) in [5.74, 6) is 1.17. The van der Waals surface area contributed by atoms with Crippen molar-refractivity contribution in [1.82, 2.24) is 10.1 Å². The number of aromatic hydroxyl groups is 1. The van der Waals surface area contributed by atoms with Crippen LogP contribution in [0.25, 0.3) is 11.5 Å². The van der Waals surface area contributed by atoms with Crippen LogP contribution in [0.2, 0.25) is 0 Å². The molecule has 0 aliphatic rings. The summed E-state index contributed by atoms with van der Waals surface area (Å²) in [6.07, 6.45) is 0.516. The van der Waals surface area contributed by atoms with Crippen LogP contribution in [0.15, 0.2) is 53.1 Å². The molecule has 0 saturated heterocycles. The molecule has 102 valence electrons. The number of phenolic OH excluding ortho intramolecular Hbond substituents is 1. The Morgan fingerprint density at radius 3 is 2.71 bits per heavy atom. The maximum absolute atomic E-state index is 9.25. The highest BCUT2D eigenvalue weighted by atomic mass is 16.5. The standard InChI is InChI=1S/C16H11N3O2/c17-10-12-2-1-3-13(8-12)16-18-15(19-21-16)9-11-4-6-14(20)7-5-11/h1-8,20H,9H2. The Labute approximate surface area is 121 Å². The summed E-state index contributed by atoms with van der Waals surface area (Å²) in [5, 5.41) is 22.1. The Morgan fingerprint density at radius 1 is 1.14 bits per heavy atom. The van der Waals surface area contributed by atoms with Crippen molar-refractivity contribution in [3.05, 3.63) is 65.5 Å². The highest BCUT2D eigenvalue weighted by Gasteiger charge is 2.10. The number of benzene rings is 2. The fraction of sp³-hybridized carbons (Fsp3) is 0.0625. The van der Waals surface area contributed by atoms with Crippen LogP contribution in [0.5, 0.6) is 5.75 Å². The van der Waals surface area contributed by atoms with E-state index in [4.69, 9.17) is 9.78 Å². The first-order valence-corrected chi connectivity index (χ1v) is 6.35. The van der Waals surface area contributed by atoms with Gasteiger partial charge in [0.25, 0.3) is 5.89 Å².